The van der Waals surface area contributed by atoms with Crippen LogP contribution in [0.4, 0.5) is 4.79 Å². The lowest BCUT2D eigenvalue weighted by Gasteiger charge is -2.28. The van der Waals surface area contributed by atoms with Gasteiger partial charge in [0.1, 0.15) is 6.29 Å². The second-order valence-corrected chi connectivity index (χ2v) is 3.13. The topological polar surface area (TPSA) is 57.6 Å². The van der Waals surface area contributed by atoms with Crippen LogP contribution in [-0.4, -0.2) is 35.5 Å². The van der Waals surface area contributed by atoms with Crippen LogP contribution in [0.25, 0.3) is 0 Å². The highest BCUT2D eigenvalue weighted by Gasteiger charge is 2.20. The van der Waals surface area contributed by atoms with Crippen molar-refractivity contribution in [1.29, 1.82) is 0 Å². The van der Waals surface area contributed by atoms with E-state index in [1.54, 1.807) is 0 Å². The molecule has 13 heavy (non-hydrogen) atoms. The van der Waals surface area contributed by atoms with Gasteiger partial charge in [0, 0.05) is 13.1 Å². The van der Waals surface area contributed by atoms with Crippen molar-refractivity contribution < 1.29 is 14.7 Å². The molecule has 0 bridgehead atoms. The van der Waals surface area contributed by atoms with Gasteiger partial charge in [0.05, 0.1) is 0 Å². The summed E-state index contributed by atoms with van der Waals surface area (Å²) in [5.41, 5.74) is 0. The molecule has 0 spiro atoms. The van der Waals surface area contributed by atoms with Crippen LogP contribution < -0.4 is 0 Å². The molecule has 1 aliphatic heterocycles. The van der Waals surface area contributed by atoms with Crippen LogP contribution >= 0.6 is 0 Å². The van der Waals surface area contributed by atoms with Gasteiger partial charge in [-0.1, -0.05) is 6.08 Å². The summed E-state index contributed by atoms with van der Waals surface area (Å²) in [5.74, 6) is 0.362. The van der Waals surface area contributed by atoms with Crippen molar-refractivity contribution in [3.05, 3.63) is 12.2 Å². The minimum absolute atomic E-state index is 0.362. The maximum Gasteiger partial charge on any atom is 0.407 e. The highest BCUT2D eigenvalue weighted by molar-refractivity contribution is 5.65. The van der Waals surface area contributed by atoms with Gasteiger partial charge in [0.15, 0.2) is 0 Å². The van der Waals surface area contributed by atoms with Crippen LogP contribution in [0, 0.1) is 5.92 Å². The third-order valence-corrected chi connectivity index (χ3v) is 2.27. The molecule has 0 aliphatic carbocycles. The van der Waals surface area contributed by atoms with E-state index in [-0.39, 0.29) is 0 Å². The molecular formula is C9H13NO3. The van der Waals surface area contributed by atoms with Crippen LogP contribution in [0.5, 0.6) is 0 Å². The monoisotopic (exact) mass is 183 g/mol. The Morgan fingerprint density at radius 2 is 2.00 bits per heavy atom. The lowest BCUT2D eigenvalue weighted by Crippen LogP contribution is -2.36. The molecule has 4 heteroatoms. The molecule has 1 saturated heterocycles. The molecule has 1 fully saturated rings. The Morgan fingerprint density at radius 1 is 1.38 bits per heavy atom. The van der Waals surface area contributed by atoms with Gasteiger partial charge in [-0.15, -0.1) is 0 Å². The molecule has 0 radical (unpaired) electrons. The highest BCUT2D eigenvalue weighted by Crippen LogP contribution is 2.17. The lowest BCUT2D eigenvalue weighted by molar-refractivity contribution is -0.104. The molecule has 1 amide bonds. The molecule has 0 aromatic carbocycles. The molecule has 1 N–H and O–H groups in total. The number of hydrogen-bond acceptors (Lipinski definition) is 2. The number of amides is 1. The van der Waals surface area contributed by atoms with Crippen molar-refractivity contribution in [1.82, 2.24) is 4.90 Å². The first kappa shape index (κ1) is 9.77. The number of aldehydes is 1. The predicted molar refractivity (Wildman–Crippen MR) is 47.5 cm³/mol. The summed E-state index contributed by atoms with van der Waals surface area (Å²) in [5, 5.41) is 8.65. The van der Waals surface area contributed by atoms with Gasteiger partial charge in [-0.25, -0.2) is 4.79 Å². The average Bonchev–Trinajstić information content (AvgIpc) is 2.15. The Bertz CT molecular complexity index is 217. The quantitative estimate of drug-likeness (QED) is 0.515. The highest BCUT2D eigenvalue weighted by atomic mass is 16.4. The number of carbonyl (C=O) groups excluding carboxylic acids is 1. The van der Waals surface area contributed by atoms with Crippen LogP contribution in [-0.2, 0) is 4.79 Å². The molecule has 0 saturated carbocycles. The third-order valence-electron chi connectivity index (χ3n) is 2.27. The van der Waals surface area contributed by atoms with Crippen molar-refractivity contribution in [2.75, 3.05) is 13.1 Å². The summed E-state index contributed by atoms with van der Waals surface area (Å²) in [6.45, 7) is 1.15. The molecule has 1 aliphatic rings. The number of nitrogens with zero attached hydrogens (tertiary/aromatic N) is 1. The third kappa shape index (κ3) is 2.89. The lowest BCUT2D eigenvalue weighted by atomic mass is 9.97. The van der Waals surface area contributed by atoms with Crippen molar-refractivity contribution in [3.8, 4) is 0 Å². The van der Waals surface area contributed by atoms with Gasteiger partial charge in [-0.3, -0.25) is 4.79 Å². The van der Waals surface area contributed by atoms with Gasteiger partial charge in [-0.2, -0.15) is 0 Å². The maximum atomic E-state index is 10.5. The summed E-state index contributed by atoms with van der Waals surface area (Å²) in [6.07, 6.45) is 4.88. The molecular weight excluding hydrogens is 170 g/mol. The molecule has 1 heterocycles. The number of hydrogen-bond donors (Lipinski definition) is 1. The van der Waals surface area contributed by atoms with E-state index in [1.807, 2.05) is 6.08 Å². The maximum absolute atomic E-state index is 10.5. The molecule has 0 aromatic heterocycles. The number of carbonyl (C=O) groups is 2. The minimum atomic E-state index is -0.849. The molecule has 4 nitrogen and oxygen atoms in total. The number of allylic oxidation sites excluding steroid dienone is 2. The van der Waals surface area contributed by atoms with Gasteiger partial charge in [0.25, 0.3) is 0 Å². The van der Waals surface area contributed by atoms with Crippen molar-refractivity contribution >= 4 is 12.4 Å². The molecule has 0 aromatic rings. The smallest absolute Gasteiger partial charge is 0.407 e. The van der Waals surface area contributed by atoms with Gasteiger partial charge in [0.2, 0.25) is 0 Å². The van der Waals surface area contributed by atoms with Crippen molar-refractivity contribution in [2.24, 2.45) is 5.92 Å². The van der Waals surface area contributed by atoms with E-state index in [2.05, 4.69) is 0 Å². The van der Waals surface area contributed by atoms with E-state index in [9.17, 15) is 9.59 Å². The van der Waals surface area contributed by atoms with Crippen LogP contribution in [0.2, 0.25) is 0 Å². The van der Waals surface area contributed by atoms with E-state index in [1.165, 1.54) is 11.0 Å². The summed E-state index contributed by atoms with van der Waals surface area (Å²) in [6, 6.07) is 0. The van der Waals surface area contributed by atoms with Gasteiger partial charge >= 0.3 is 6.09 Å². The SMILES string of the molecule is O=C/C=C/C1CCN(C(=O)O)CC1. The first-order valence-electron chi connectivity index (χ1n) is 4.34. The van der Waals surface area contributed by atoms with Crippen LogP contribution in [0.1, 0.15) is 12.8 Å². The first-order valence-corrected chi connectivity index (χ1v) is 4.34. The zero-order valence-electron chi connectivity index (χ0n) is 7.35. The number of carboxylic acid groups (broad SMARTS) is 1. The summed E-state index contributed by atoms with van der Waals surface area (Å²) in [4.78, 5) is 22.0. The largest absolute Gasteiger partial charge is 0.465 e. The van der Waals surface area contributed by atoms with E-state index in [0.717, 1.165) is 19.1 Å². The van der Waals surface area contributed by atoms with E-state index in [4.69, 9.17) is 5.11 Å². The van der Waals surface area contributed by atoms with E-state index < -0.39 is 6.09 Å². The minimum Gasteiger partial charge on any atom is -0.465 e. The second kappa shape index (κ2) is 4.64. The molecule has 72 valence electrons. The van der Waals surface area contributed by atoms with Crippen LogP contribution in [0.3, 0.4) is 0 Å². The Morgan fingerprint density at radius 3 is 2.46 bits per heavy atom. The number of likely N-dealkylation sites (tertiary alicyclic amines) is 1. The van der Waals surface area contributed by atoms with E-state index in [0.29, 0.717) is 19.0 Å². The molecule has 1 rings (SSSR count). The van der Waals surface area contributed by atoms with Gasteiger partial charge in [-0.05, 0) is 24.8 Å². The summed E-state index contributed by atoms with van der Waals surface area (Å²) >= 11 is 0. The van der Waals surface area contributed by atoms with Gasteiger partial charge < -0.3 is 10.0 Å². The Hall–Kier alpha value is -1.32. The number of rotatable bonds is 2. The summed E-state index contributed by atoms with van der Waals surface area (Å²) < 4.78 is 0. The van der Waals surface area contributed by atoms with E-state index >= 15 is 0 Å². The molecule has 0 atom stereocenters. The fourth-order valence-electron chi connectivity index (χ4n) is 1.49. The average molecular weight is 183 g/mol. The predicted octanol–water partition coefficient (Wildman–Crippen LogP) is 1.13. The Labute approximate surface area is 76.8 Å². The van der Waals surface area contributed by atoms with Crippen LogP contribution in [0.15, 0.2) is 12.2 Å². The molecule has 0 unspecified atom stereocenters. The fourth-order valence-corrected chi connectivity index (χ4v) is 1.49. The zero-order chi connectivity index (χ0) is 9.68. The zero-order valence-corrected chi connectivity index (χ0v) is 7.35. The number of piperidine rings is 1. The Balaban J connectivity index is 2.34. The Kier molecular flexibility index (Phi) is 3.49. The normalized spacial score (nSPS) is 19.2. The van der Waals surface area contributed by atoms with Crippen molar-refractivity contribution in [3.63, 3.8) is 0 Å². The summed E-state index contributed by atoms with van der Waals surface area (Å²) in [7, 11) is 0. The first-order chi connectivity index (χ1) is 6.24. The fraction of sp³-hybridized carbons (Fsp3) is 0.556. The van der Waals surface area contributed by atoms with Crippen molar-refractivity contribution in [2.45, 2.75) is 12.8 Å². The standard InChI is InChI=1S/C9H13NO3/c11-7-1-2-8-3-5-10(6-4-8)9(12)13/h1-2,7-8H,3-6H2,(H,12,13)/b2-1+. The second-order valence-electron chi connectivity index (χ2n) is 3.13.